The van der Waals surface area contributed by atoms with E-state index in [1.165, 1.54) is 31.0 Å². The maximum Gasteiger partial charge on any atom is 0.271 e. The highest BCUT2D eigenvalue weighted by Gasteiger charge is 2.34. The van der Waals surface area contributed by atoms with Gasteiger partial charge in [0.05, 0.1) is 18.3 Å². The summed E-state index contributed by atoms with van der Waals surface area (Å²) in [6, 6.07) is 2.34. The van der Waals surface area contributed by atoms with Crippen molar-refractivity contribution in [2.75, 3.05) is 29.2 Å². The lowest BCUT2D eigenvalue weighted by atomic mass is 10.1. The van der Waals surface area contributed by atoms with Crippen LogP contribution >= 0.6 is 23.1 Å². The largest absolute Gasteiger partial charge is 0.495 e. The van der Waals surface area contributed by atoms with E-state index < -0.39 is 26.9 Å². The van der Waals surface area contributed by atoms with Gasteiger partial charge in [0, 0.05) is 12.1 Å². The summed E-state index contributed by atoms with van der Waals surface area (Å²) in [6.07, 6.45) is 2.82. The number of non-ortho nitro benzene ring substituents is 1. The Balaban J connectivity index is 2.51. The molecule has 11 nitrogen and oxygen atoms in total. The highest BCUT2D eigenvalue weighted by atomic mass is 32.2. The van der Waals surface area contributed by atoms with Gasteiger partial charge in [0.2, 0.25) is 21.1 Å². The minimum atomic E-state index is -4.01. The molecule has 1 heterocycles. The van der Waals surface area contributed by atoms with E-state index >= 15 is 0 Å². The number of anilines is 2. The number of carbonyl (C=O) groups excluding carboxylic acids is 1. The van der Waals surface area contributed by atoms with Crippen LogP contribution in [0.15, 0.2) is 22.5 Å². The van der Waals surface area contributed by atoms with E-state index in [1.807, 2.05) is 0 Å². The Bertz CT molecular complexity index is 1010. The molecule has 0 saturated carbocycles. The Morgan fingerprint density at radius 2 is 2.14 bits per heavy atom. The highest BCUT2D eigenvalue weighted by Crippen LogP contribution is 2.36. The molecule has 2 aromatic rings. The van der Waals surface area contributed by atoms with Crippen LogP contribution in [0.2, 0.25) is 0 Å². The SMILES string of the molecule is CC[C@H](C(=O)Nc1nnc(SC)s1)N(c1cc([N+](=O)[O-])ccc1OC)S(C)(=O)=O. The average molecular weight is 462 g/mol. The second-order valence-electron chi connectivity index (χ2n) is 5.66. The molecule has 29 heavy (non-hydrogen) atoms. The lowest BCUT2D eigenvalue weighted by molar-refractivity contribution is -0.384. The molecule has 0 spiro atoms. The first-order valence-electron chi connectivity index (χ1n) is 8.12. The van der Waals surface area contributed by atoms with Crippen LogP contribution in [0.1, 0.15) is 13.3 Å². The third kappa shape index (κ3) is 5.33. The van der Waals surface area contributed by atoms with Crippen molar-refractivity contribution in [2.24, 2.45) is 0 Å². The van der Waals surface area contributed by atoms with Crippen molar-refractivity contribution >= 4 is 55.5 Å². The van der Waals surface area contributed by atoms with Gasteiger partial charge in [0.15, 0.2) is 4.34 Å². The number of nitro groups is 1. The van der Waals surface area contributed by atoms with Gasteiger partial charge >= 0.3 is 0 Å². The standard InChI is InChI=1S/C15H19N5O6S3/c1-5-10(13(21)16-14-17-18-15(27-3)28-14)19(29(4,24)25)11-8-9(20(22)23)6-7-12(11)26-2/h6-8,10H,5H2,1-4H3,(H,16,17,21)/t10-/m1/s1. The van der Waals surface area contributed by atoms with E-state index in [9.17, 15) is 23.3 Å². The molecule has 0 aliphatic carbocycles. The number of methoxy groups -OCH3 is 1. The van der Waals surface area contributed by atoms with Crippen molar-refractivity contribution in [2.45, 2.75) is 23.7 Å². The number of nitro benzene ring substituents is 1. The van der Waals surface area contributed by atoms with E-state index in [2.05, 4.69) is 15.5 Å². The summed E-state index contributed by atoms with van der Waals surface area (Å²) in [7, 11) is -2.71. The lowest BCUT2D eigenvalue weighted by Crippen LogP contribution is -2.47. The van der Waals surface area contributed by atoms with Crippen LogP contribution in [-0.4, -0.2) is 55.1 Å². The summed E-state index contributed by atoms with van der Waals surface area (Å²) in [6.45, 7) is 1.62. The van der Waals surface area contributed by atoms with Crippen LogP contribution in [0, 0.1) is 10.1 Å². The van der Waals surface area contributed by atoms with Gasteiger partial charge < -0.3 is 4.74 Å². The minimum absolute atomic E-state index is 0.0767. The zero-order chi connectivity index (χ0) is 21.8. The minimum Gasteiger partial charge on any atom is -0.495 e. The van der Waals surface area contributed by atoms with Crippen LogP contribution in [0.25, 0.3) is 0 Å². The smallest absolute Gasteiger partial charge is 0.271 e. The molecule has 14 heteroatoms. The van der Waals surface area contributed by atoms with Crippen molar-refractivity contribution in [1.82, 2.24) is 10.2 Å². The summed E-state index contributed by atoms with van der Waals surface area (Å²) in [5, 5.41) is 21.7. The van der Waals surface area contributed by atoms with Gasteiger partial charge in [-0.25, -0.2) is 8.42 Å². The number of hydrogen-bond acceptors (Lipinski definition) is 10. The number of carbonyl (C=O) groups is 1. The van der Waals surface area contributed by atoms with E-state index in [4.69, 9.17) is 4.74 Å². The number of aromatic nitrogens is 2. The highest BCUT2D eigenvalue weighted by molar-refractivity contribution is 8.00. The Labute approximate surface area is 175 Å². The second kappa shape index (κ2) is 9.37. The molecule has 2 rings (SSSR count). The van der Waals surface area contributed by atoms with Crippen LogP contribution in [0.3, 0.4) is 0 Å². The van der Waals surface area contributed by atoms with E-state index in [1.54, 1.807) is 13.2 Å². The van der Waals surface area contributed by atoms with Crippen LogP contribution in [-0.2, 0) is 14.8 Å². The fourth-order valence-corrected chi connectivity index (χ4v) is 4.91. The number of nitrogens with zero attached hydrogens (tertiary/aromatic N) is 4. The van der Waals surface area contributed by atoms with E-state index in [-0.39, 0.29) is 28.7 Å². The number of hydrogen-bond donors (Lipinski definition) is 1. The first-order chi connectivity index (χ1) is 13.6. The molecule has 1 atom stereocenters. The maximum absolute atomic E-state index is 12.9. The molecule has 0 bridgehead atoms. The van der Waals surface area contributed by atoms with Gasteiger partial charge in [0.1, 0.15) is 17.5 Å². The van der Waals surface area contributed by atoms with Crippen LogP contribution < -0.4 is 14.4 Å². The summed E-state index contributed by atoms with van der Waals surface area (Å²) >= 11 is 2.50. The Hall–Kier alpha value is -2.45. The Morgan fingerprint density at radius 3 is 2.62 bits per heavy atom. The number of sulfonamides is 1. The fraction of sp³-hybridized carbons (Fsp3) is 0.400. The predicted octanol–water partition coefficient (Wildman–Crippen LogP) is 2.36. The average Bonchev–Trinajstić information content (AvgIpc) is 3.11. The summed E-state index contributed by atoms with van der Waals surface area (Å²) in [5.41, 5.74) is -0.438. The topological polar surface area (TPSA) is 145 Å². The molecule has 0 unspecified atom stereocenters. The summed E-state index contributed by atoms with van der Waals surface area (Å²) < 4.78 is 31.8. The number of benzene rings is 1. The molecular formula is C15H19N5O6S3. The molecule has 158 valence electrons. The quantitative estimate of drug-likeness (QED) is 0.257. The van der Waals surface area contributed by atoms with Gasteiger partial charge in [-0.1, -0.05) is 30.0 Å². The third-order valence-corrected chi connectivity index (χ3v) is 6.73. The predicted molar refractivity (Wildman–Crippen MR) is 111 cm³/mol. The Kier molecular flexibility index (Phi) is 7.37. The van der Waals surface area contributed by atoms with Crippen molar-refractivity contribution in [1.29, 1.82) is 0 Å². The maximum atomic E-state index is 12.9. The fourth-order valence-electron chi connectivity index (χ4n) is 2.53. The van der Waals surface area contributed by atoms with Crippen molar-refractivity contribution in [3.8, 4) is 5.75 Å². The van der Waals surface area contributed by atoms with Crippen molar-refractivity contribution in [3.63, 3.8) is 0 Å². The lowest BCUT2D eigenvalue weighted by Gasteiger charge is -2.30. The van der Waals surface area contributed by atoms with E-state index in [0.29, 0.717) is 4.34 Å². The van der Waals surface area contributed by atoms with E-state index in [0.717, 1.165) is 28.0 Å². The molecule has 0 aliphatic rings. The molecule has 0 saturated heterocycles. The number of thioether (sulfide) groups is 1. The van der Waals surface area contributed by atoms with Crippen molar-refractivity contribution < 1.29 is 22.9 Å². The first-order valence-corrected chi connectivity index (χ1v) is 12.0. The molecular weight excluding hydrogens is 442 g/mol. The molecule has 1 aromatic carbocycles. The van der Waals surface area contributed by atoms with Gasteiger partial charge in [-0.15, -0.1) is 10.2 Å². The first kappa shape index (κ1) is 22.8. The normalized spacial score (nSPS) is 12.3. The second-order valence-corrected chi connectivity index (χ2v) is 9.55. The van der Waals surface area contributed by atoms with Gasteiger partial charge in [-0.2, -0.15) is 0 Å². The van der Waals surface area contributed by atoms with Gasteiger partial charge in [-0.05, 0) is 18.7 Å². The number of rotatable bonds is 9. The van der Waals surface area contributed by atoms with Gasteiger partial charge in [0.25, 0.3) is 5.69 Å². The summed E-state index contributed by atoms with van der Waals surface area (Å²) in [4.78, 5) is 23.4. The molecule has 0 radical (unpaired) electrons. The molecule has 1 N–H and O–H groups in total. The zero-order valence-electron chi connectivity index (χ0n) is 16.0. The van der Waals surface area contributed by atoms with Gasteiger partial charge in [-0.3, -0.25) is 24.5 Å². The number of amides is 1. The molecule has 0 fully saturated rings. The third-order valence-electron chi connectivity index (χ3n) is 3.75. The van der Waals surface area contributed by atoms with Crippen LogP contribution in [0.5, 0.6) is 5.75 Å². The monoisotopic (exact) mass is 461 g/mol. The zero-order valence-corrected chi connectivity index (χ0v) is 18.4. The Morgan fingerprint density at radius 1 is 1.45 bits per heavy atom. The van der Waals surface area contributed by atoms with Crippen LogP contribution in [0.4, 0.5) is 16.5 Å². The summed E-state index contributed by atoms with van der Waals surface area (Å²) in [5.74, 6) is -0.567. The molecule has 1 amide bonds. The number of nitrogens with one attached hydrogen (secondary N) is 1. The molecule has 0 aliphatic heterocycles. The van der Waals surface area contributed by atoms with Crippen molar-refractivity contribution in [3.05, 3.63) is 28.3 Å². The number of ether oxygens (including phenoxy) is 1. The molecule has 1 aromatic heterocycles.